The molecule has 0 radical (unpaired) electrons. The summed E-state index contributed by atoms with van der Waals surface area (Å²) in [5.41, 5.74) is 3.20. The van der Waals surface area contributed by atoms with E-state index in [-0.39, 0.29) is 28.2 Å². The van der Waals surface area contributed by atoms with Crippen LogP contribution in [0.3, 0.4) is 0 Å². The summed E-state index contributed by atoms with van der Waals surface area (Å²) in [6, 6.07) is 10.5. The molecule has 0 unspecified atom stereocenters. The molecule has 0 saturated heterocycles. The van der Waals surface area contributed by atoms with Crippen LogP contribution in [0.25, 0.3) is 0 Å². The average Bonchev–Trinajstić information content (AvgIpc) is 2.99. The minimum absolute atomic E-state index is 0.118. The van der Waals surface area contributed by atoms with E-state index in [4.69, 9.17) is 14.2 Å². The SMILES string of the molecule is CC.COC(=O)COc1ccc(S(=O)(=O)/N=C(/Nc2cc(OC)ccc2C)[S@@](=O)Cc2ncc(C)c(OC)c2C)cc1. The lowest BCUT2D eigenvalue weighted by Gasteiger charge is -2.15. The number of carbonyl (C=O) groups is 1. The highest BCUT2D eigenvalue weighted by molar-refractivity contribution is 8.01. The fourth-order valence-corrected chi connectivity index (χ4v) is 5.96. The lowest BCUT2D eigenvalue weighted by Crippen LogP contribution is -2.23. The van der Waals surface area contributed by atoms with Crippen LogP contribution in [-0.4, -0.2) is 56.7 Å². The molecule has 0 aliphatic heterocycles. The fourth-order valence-electron chi connectivity index (χ4n) is 3.58. The molecule has 0 fully saturated rings. The number of benzene rings is 2. The second-order valence-corrected chi connectivity index (χ2v) is 11.5. The summed E-state index contributed by atoms with van der Waals surface area (Å²) in [4.78, 5) is 15.5. The van der Waals surface area contributed by atoms with Crippen LogP contribution in [0, 0.1) is 20.8 Å². The third-order valence-electron chi connectivity index (χ3n) is 5.83. The number of ether oxygens (including phenoxy) is 4. The monoisotopic (exact) mass is 619 g/mol. The normalized spacial score (nSPS) is 12.0. The van der Waals surface area contributed by atoms with E-state index in [9.17, 15) is 17.4 Å². The van der Waals surface area contributed by atoms with Crippen molar-refractivity contribution in [3.8, 4) is 17.2 Å². The van der Waals surface area contributed by atoms with Gasteiger partial charge in [-0.3, -0.25) is 9.19 Å². The summed E-state index contributed by atoms with van der Waals surface area (Å²) < 4.78 is 64.7. The second kappa shape index (κ2) is 15.9. The molecular weight excluding hydrogens is 582 g/mol. The first-order valence-corrected chi connectivity index (χ1v) is 15.7. The first-order chi connectivity index (χ1) is 20.0. The Kier molecular flexibility index (Phi) is 12.9. The van der Waals surface area contributed by atoms with Gasteiger partial charge < -0.3 is 24.3 Å². The van der Waals surface area contributed by atoms with Gasteiger partial charge in [-0.2, -0.15) is 8.42 Å². The van der Waals surface area contributed by atoms with Crippen LogP contribution in [-0.2, 0) is 36.1 Å². The first-order valence-electron chi connectivity index (χ1n) is 12.9. The number of amidine groups is 1. The molecule has 0 amide bonds. The Morgan fingerprint density at radius 2 is 1.60 bits per heavy atom. The van der Waals surface area contributed by atoms with Crippen LogP contribution in [0.1, 0.15) is 36.2 Å². The minimum atomic E-state index is -4.32. The summed E-state index contributed by atoms with van der Waals surface area (Å²) >= 11 is 0. The standard InChI is InChI=1S/C27H31N3O8S2.C2H6/c1-17-7-8-21(35-4)13-23(17)29-27(39(32)16-24-19(3)26(37-6)18(2)14-28-24)30-40(33,34)22-11-9-20(10-12-22)38-15-25(31)36-5;1-2/h7-14H,15-16H2,1-6H3,(H,29,30);1-2H3/t39-;/m0./s1. The predicted molar refractivity (Wildman–Crippen MR) is 163 cm³/mol. The van der Waals surface area contributed by atoms with E-state index in [0.717, 1.165) is 11.1 Å². The number of hydrogen-bond acceptors (Lipinski definition) is 9. The van der Waals surface area contributed by atoms with Crippen molar-refractivity contribution in [2.45, 2.75) is 45.3 Å². The number of nitrogens with one attached hydrogen (secondary N) is 1. The lowest BCUT2D eigenvalue weighted by atomic mass is 10.1. The zero-order chi connectivity index (χ0) is 31.4. The number of esters is 1. The van der Waals surface area contributed by atoms with Gasteiger partial charge in [0, 0.05) is 29.1 Å². The Bertz CT molecular complexity index is 1540. The molecule has 13 heteroatoms. The molecule has 1 atom stereocenters. The number of aromatic nitrogens is 1. The number of sulfonamides is 1. The topological polar surface area (TPSA) is 142 Å². The molecule has 11 nitrogen and oxygen atoms in total. The maximum absolute atomic E-state index is 13.6. The molecule has 2 aromatic carbocycles. The van der Waals surface area contributed by atoms with Gasteiger partial charge in [-0.15, -0.1) is 4.40 Å². The highest BCUT2D eigenvalue weighted by Crippen LogP contribution is 2.27. The van der Waals surface area contributed by atoms with Crippen LogP contribution in [0.2, 0.25) is 0 Å². The Morgan fingerprint density at radius 3 is 2.19 bits per heavy atom. The van der Waals surface area contributed by atoms with Gasteiger partial charge in [0.1, 0.15) is 17.2 Å². The third-order valence-corrected chi connectivity index (χ3v) is 8.40. The smallest absolute Gasteiger partial charge is 0.343 e. The number of aryl methyl sites for hydroxylation is 2. The van der Waals surface area contributed by atoms with Crippen molar-refractivity contribution in [3.63, 3.8) is 0 Å². The summed E-state index contributed by atoms with van der Waals surface area (Å²) in [5.74, 6) is 0.691. The zero-order valence-corrected chi connectivity index (χ0v) is 26.6. The van der Waals surface area contributed by atoms with E-state index in [1.165, 1.54) is 45.6 Å². The molecule has 1 heterocycles. The van der Waals surface area contributed by atoms with Crippen molar-refractivity contribution in [1.82, 2.24) is 4.98 Å². The number of hydrogen-bond donors (Lipinski definition) is 1. The van der Waals surface area contributed by atoms with Gasteiger partial charge in [-0.25, -0.2) is 4.79 Å². The van der Waals surface area contributed by atoms with Crippen LogP contribution >= 0.6 is 0 Å². The molecule has 3 rings (SSSR count). The van der Waals surface area contributed by atoms with Crippen LogP contribution in [0.5, 0.6) is 17.2 Å². The number of pyridine rings is 1. The van der Waals surface area contributed by atoms with Crippen molar-refractivity contribution in [3.05, 3.63) is 71.0 Å². The van der Waals surface area contributed by atoms with Crippen molar-refractivity contribution < 1.29 is 36.4 Å². The quantitative estimate of drug-likeness (QED) is 0.193. The molecule has 42 heavy (non-hydrogen) atoms. The molecule has 1 aromatic heterocycles. The number of methoxy groups -OCH3 is 3. The molecule has 1 N–H and O–H groups in total. The maximum Gasteiger partial charge on any atom is 0.343 e. The Labute approximate surface area is 249 Å². The Balaban J connectivity index is 0.00000301. The van der Waals surface area contributed by atoms with E-state index in [0.29, 0.717) is 28.4 Å². The summed E-state index contributed by atoms with van der Waals surface area (Å²) in [6.07, 6.45) is 1.61. The van der Waals surface area contributed by atoms with E-state index >= 15 is 0 Å². The van der Waals surface area contributed by atoms with Gasteiger partial charge in [0.2, 0.25) is 5.17 Å². The molecule has 0 saturated carbocycles. The van der Waals surface area contributed by atoms with Gasteiger partial charge in [-0.1, -0.05) is 19.9 Å². The van der Waals surface area contributed by atoms with E-state index in [1.807, 2.05) is 20.8 Å². The van der Waals surface area contributed by atoms with Crippen LogP contribution in [0.15, 0.2) is 58.0 Å². The summed E-state index contributed by atoms with van der Waals surface area (Å²) in [5, 5.41) is 2.64. The summed E-state index contributed by atoms with van der Waals surface area (Å²) in [7, 11) is -2.01. The predicted octanol–water partition coefficient (Wildman–Crippen LogP) is 4.71. The molecule has 0 aliphatic rings. The van der Waals surface area contributed by atoms with Gasteiger partial charge in [0.25, 0.3) is 10.0 Å². The van der Waals surface area contributed by atoms with Gasteiger partial charge in [0.05, 0.1) is 48.5 Å². The minimum Gasteiger partial charge on any atom is -0.497 e. The molecule has 0 spiro atoms. The fraction of sp³-hybridized carbons (Fsp3) is 0.345. The number of rotatable bonds is 10. The molecule has 0 bridgehead atoms. The van der Waals surface area contributed by atoms with Crippen LogP contribution in [0.4, 0.5) is 5.69 Å². The van der Waals surface area contributed by atoms with E-state index < -0.39 is 26.8 Å². The van der Waals surface area contributed by atoms with Crippen molar-refractivity contribution in [2.75, 3.05) is 33.3 Å². The first kappa shape index (κ1) is 34.2. The highest BCUT2D eigenvalue weighted by Gasteiger charge is 2.22. The second-order valence-electron chi connectivity index (χ2n) is 8.55. The third kappa shape index (κ3) is 9.02. The van der Waals surface area contributed by atoms with Gasteiger partial charge in [-0.05, 0) is 56.7 Å². The Morgan fingerprint density at radius 1 is 0.952 bits per heavy atom. The largest absolute Gasteiger partial charge is 0.497 e. The van der Waals surface area contributed by atoms with E-state index in [1.54, 1.807) is 38.2 Å². The number of nitrogens with zero attached hydrogens (tertiary/aromatic N) is 2. The molecular formula is C29H37N3O8S2. The zero-order valence-electron chi connectivity index (χ0n) is 25.0. The number of carbonyl (C=O) groups excluding carboxylic acids is 1. The maximum atomic E-state index is 13.6. The van der Waals surface area contributed by atoms with Crippen LogP contribution < -0.4 is 19.5 Å². The van der Waals surface area contributed by atoms with Gasteiger partial charge >= 0.3 is 5.97 Å². The summed E-state index contributed by atoms with van der Waals surface area (Å²) in [6.45, 7) is 9.12. The van der Waals surface area contributed by atoms with Crippen molar-refractivity contribution >= 4 is 37.6 Å². The lowest BCUT2D eigenvalue weighted by molar-refractivity contribution is -0.142. The van der Waals surface area contributed by atoms with Crippen molar-refractivity contribution in [1.29, 1.82) is 0 Å². The average molecular weight is 620 g/mol. The molecule has 3 aromatic rings. The van der Waals surface area contributed by atoms with Gasteiger partial charge in [0.15, 0.2) is 6.61 Å². The molecule has 0 aliphatic carbocycles. The van der Waals surface area contributed by atoms with Crippen molar-refractivity contribution in [2.24, 2.45) is 4.40 Å². The molecule has 228 valence electrons. The Hall–Kier alpha value is -3.97. The number of anilines is 1. The highest BCUT2D eigenvalue weighted by atomic mass is 32.2. The van der Waals surface area contributed by atoms with E-state index in [2.05, 4.69) is 19.4 Å².